The zero-order chi connectivity index (χ0) is 24.9. The first-order valence-corrected chi connectivity index (χ1v) is 11.8. The number of hydrazine groups is 1. The summed E-state index contributed by atoms with van der Waals surface area (Å²) in [5, 5.41) is 10.7. The highest BCUT2D eigenvalue weighted by Gasteiger charge is 2.33. The molecule has 0 atom stereocenters. The highest BCUT2D eigenvalue weighted by molar-refractivity contribution is 8.26. The van der Waals surface area contributed by atoms with Gasteiger partial charge in [0.15, 0.2) is 4.32 Å². The van der Waals surface area contributed by atoms with Crippen molar-refractivity contribution in [1.29, 1.82) is 0 Å². The van der Waals surface area contributed by atoms with Crippen molar-refractivity contribution in [3.8, 4) is 5.75 Å². The highest BCUT2D eigenvalue weighted by Crippen LogP contribution is 2.31. The molecule has 7 nitrogen and oxygen atoms in total. The standard InChI is InChI=1S/C25H17ClN2O5S2/c26-19-9-3-16(4-10-19)14-33-20-11-7-17(8-12-20)22(29)27-28-23(30)21(35-25(28)34)13-15-1-5-18(6-2-15)24(31)32/h1-13H,14H2,(H,27,29)(H,31,32)/b21-13+. The molecule has 2 amide bonds. The number of aromatic carboxylic acids is 1. The van der Waals surface area contributed by atoms with E-state index in [9.17, 15) is 14.4 Å². The third-order valence-electron chi connectivity index (χ3n) is 4.90. The van der Waals surface area contributed by atoms with E-state index in [4.69, 9.17) is 33.7 Å². The van der Waals surface area contributed by atoms with Crippen LogP contribution in [0.5, 0.6) is 5.75 Å². The first-order chi connectivity index (χ1) is 16.8. The predicted molar refractivity (Wildman–Crippen MR) is 138 cm³/mol. The number of thioether (sulfide) groups is 1. The highest BCUT2D eigenvalue weighted by atomic mass is 35.5. The number of carboxylic acid groups (broad SMARTS) is 1. The maximum atomic E-state index is 12.8. The van der Waals surface area contributed by atoms with Gasteiger partial charge in [-0.2, -0.15) is 5.01 Å². The van der Waals surface area contributed by atoms with E-state index in [-0.39, 0.29) is 9.88 Å². The van der Waals surface area contributed by atoms with Crippen molar-refractivity contribution in [3.63, 3.8) is 0 Å². The Morgan fingerprint density at radius 1 is 1.00 bits per heavy atom. The topological polar surface area (TPSA) is 95.9 Å². The first kappa shape index (κ1) is 24.5. The number of amides is 2. The summed E-state index contributed by atoms with van der Waals surface area (Å²) in [5.41, 5.74) is 4.59. The van der Waals surface area contributed by atoms with Gasteiger partial charge in [0, 0.05) is 10.6 Å². The summed E-state index contributed by atoms with van der Waals surface area (Å²) in [5.74, 6) is -1.43. The minimum absolute atomic E-state index is 0.142. The zero-order valence-electron chi connectivity index (χ0n) is 17.9. The van der Waals surface area contributed by atoms with Gasteiger partial charge in [-0.25, -0.2) is 4.79 Å². The van der Waals surface area contributed by atoms with Crippen molar-refractivity contribution in [2.45, 2.75) is 6.61 Å². The van der Waals surface area contributed by atoms with E-state index in [1.165, 1.54) is 12.1 Å². The Morgan fingerprint density at radius 2 is 1.63 bits per heavy atom. The molecule has 10 heteroatoms. The molecule has 3 aromatic carbocycles. The first-order valence-electron chi connectivity index (χ1n) is 10.2. The largest absolute Gasteiger partial charge is 0.489 e. The van der Waals surface area contributed by atoms with Gasteiger partial charge < -0.3 is 9.84 Å². The molecule has 1 aliphatic rings. The minimum Gasteiger partial charge on any atom is -0.489 e. The van der Waals surface area contributed by atoms with E-state index in [1.807, 2.05) is 12.1 Å². The second-order valence-electron chi connectivity index (χ2n) is 7.32. The molecule has 0 radical (unpaired) electrons. The van der Waals surface area contributed by atoms with Crippen LogP contribution in [0.1, 0.15) is 31.8 Å². The Labute approximate surface area is 215 Å². The van der Waals surface area contributed by atoms with Crippen LogP contribution in [0.25, 0.3) is 6.08 Å². The fraction of sp³-hybridized carbons (Fsp3) is 0.0400. The van der Waals surface area contributed by atoms with Crippen molar-refractivity contribution < 1.29 is 24.2 Å². The molecule has 4 rings (SSSR count). The van der Waals surface area contributed by atoms with Crippen LogP contribution >= 0.6 is 35.6 Å². The molecule has 1 heterocycles. The SMILES string of the molecule is O=C(O)c1ccc(/C=C2/SC(=S)N(NC(=O)c3ccc(OCc4ccc(Cl)cc4)cc3)C2=O)cc1. The lowest BCUT2D eigenvalue weighted by molar-refractivity contribution is -0.123. The zero-order valence-corrected chi connectivity index (χ0v) is 20.3. The second-order valence-corrected chi connectivity index (χ2v) is 9.44. The molecule has 0 aromatic heterocycles. The molecule has 0 unspecified atom stereocenters. The Morgan fingerprint density at radius 3 is 2.26 bits per heavy atom. The number of carboxylic acids is 1. The van der Waals surface area contributed by atoms with Gasteiger partial charge in [-0.3, -0.25) is 15.0 Å². The molecule has 1 saturated heterocycles. The van der Waals surface area contributed by atoms with Gasteiger partial charge in [0.05, 0.1) is 10.5 Å². The number of hydrogen-bond acceptors (Lipinski definition) is 6. The molecule has 3 aromatic rings. The number of ether oxygens (including phenoxy) is 1. The maximum Gasteiger partial charge on any atom is 0.335 e. The summed E-state index contributed by atoms with van der Waals surface area (Å²) in [6.45, 7) is 0.352. The molecular weight excluding hydrogens is 508 g/mol. The third-order valence-corrected chi connectivity index (χ3v) is 6.45. The third kappa shape index (κ3) is 6.07. The lowest BCUT2D eigenvalue weighted by atomic mass is 10.1. The number of carbonyl (C=O) groups is 3. The Hall–Kier alpha value is -3.66. The Bertz CT molecular complexity index is 1320. The number of thiocarbonyl (C=S) groups is 1. The predicted octanol–water partition coefficient (Wildman–Crippen LogP) is 5.16. The Kier molecular flexibility index (Phi) is 7.50. The number of rotatable bonds is 7. The molecule has 0 saturated carbocycles. The summed E-state index contributed by atoms with van der Waals surface area (Å²) in [4.78, 5) is 36.7. The van der Waals surface area contributed by atoms with Gasteiger partial charge in [-0.1, -0.05) is 47.6 Å². The number of nitrogens with zero attached hydrogens (tertiary/aromatic N) is 1. The molecule has 0 spiro atoms. The van der Waals surface area contributed by atoms with E-state index in [2.05, 4.69) is 5.43 Å². The second kappa shape index (κ2) is 10.7. The maximum absolute atomic E-state index is 12.8. The summed E-state index contributed by atoms with van der Waals surface area (Å²) in [6.07, 6.45) is 1.59. The van der Waals surface area contributed by atoms with Crippen molar-refractivity contribution >= 4 is 63.8 Å². The van der Waals surface area contributed by atoms with Gasteiger partial charge >= 0.3 is 5.97 Å². The van der Waals surface area contributed by atoms with Gasteiger partial charge in [-0.15, -0.1) is 0 Å². The molecule has 0 aliphatic carbocycles. The molecule has 1 fully saturated rings. The van der Waals surface area contributed by atoms with Crippen LogP contribution in [0, 0.1) is 0 Å². The molecular formula is C25H17ClN2O5S2. The number of hydrogen-bond donors (Lipinski definition) is 2. The molecule has 0 bridgehead atoms. The lowest BCUT2D eigenvalue weighted by Gasteiger charge is -2.15. The number of carbonyl (C=O) groups excluding carboxylic acids is 2. The average molecular weight is 525 g/mol. The van der Waals surface area contributed by atoms with Gasteiger partial charge in [-0.05, 0) is 78.0 Å². The molecule has 176 valence electrons. The quantitative estimate of drug-likeness (QED) is 0.325. The van der Waals surface area contributed by atoms with Crippen LogP contribution in [0.15, 0.2) is 77.7 Å². The van der Waals surface area contributed by atoms with E-state index < -0.39 is 17.8 Å². The molecule has 35 heavy (non-hydrogen) atoms. The monoisotopic (exact) mass is 524 g/mol. The van der Waals surface area contributed by atoms with Gasteiger partial charge in [0.25, 0.3) is 11.8 Å². The molecule has 1 aliphatic heterocycles. The van der Waals surface area contributed by atoms with E-state index in [0.717, 1.165) is 22.3 Å². The van der Waals surface area contributed by atoms with Crippen molar-refractivity contribution in [2.24, 2.45) is 0 Å². The van der Waals surface area contributed by atoms with Crippen molar-refractivity contribution in [1.82, 2.24) is 10.4 Å². The van der Waals surface area contributed by atoms with Crippen molar-refractivity contribution in [2.75, 3.05) is 0 Å². The Balaban J connectivity index is 1.37. The summed E-state index contributed by atoms with van der Waals surface area (Å²) < 4.78 is 5.90. The lowest BCUT2D eigenvalue weighted by Crippen LogP contribution is -2.44. The van der Waals surface area contributed by atoms with Crippen LogP contribution in [0.3, 0.4) is 0 Å². The van der Waals surface area contributed by atoms with E-state index >= 15 is 0 Å². The van der Waals surface area contributed by atoms with Gasteiger partial charge in [0.2, 0.25) is 0 Å². The fourth-order valence-corrected chi connectivity index (χ4v) is 4.36. The smallest absolute Gasteiger partial charge is 0.335 e. The van der Waals surface area contributed by atoms with E-state index in [1.54, 1.807) is 54.6 Å². The van der Waals surface area contributed by atoms with E-state index in [0.29, 0.717) is 33.4 Å². The summed E-state index contributed by atoms with van der Waals surface area (Å²) in [6, 6.07) is 19.9. The van der Waals surface area contributed by atoms with Crippen molar-refractivity contribution in [3.05, 3.63) is 105 Å². The van der Waals surface area contributed by atoms with Crippen LogP contribution in [-0.2, 0) is 11.4 Å². The fourth-order valence-electron chi connectivity index (χ4n) is 3.05. The van der Waals surface area contributed by atoms with Crippen LogP contribution in [-0.4, -0.2) is 32.2 Å². The number of benzene rings is 3. The summed E-state index contributed by atoms with van der Waals surface area (Å²) in [7, 11) is 0. The number of nitrogens with one attached hydrogen (secondary N) is 1. The van der Waals surface area contributed by atoms with Crippen LogP contribution in [0.2, 0.25) is 5.02 Å². The van der Waals surface area contributed by atoms with Gasteiger partial charge in [0.1, 0.15) is 12.4 Å². The number of halogens is 1. The minimum atomic E-state index is -1.04. The average Bonchev–Trinajstić information content (AvgIpc) is 3.11. The van der Waals surface area contributed by atoms with Crippen LogP contribution < -0.4 is 10.2 Å². The molecule has 2 N–H and O–H groups in total. The summed E-state index contributed by atoms with van der Waals surface area (Å²) >= 11 is 12.2. The van der Waals surface area contributed by atoms with Crippen LogP contribution in [0.4, 0.5) is 0 Å². The normalized spacial score (nSPS) is 14.3.